The van der Waals surface area contributed by atoms with Crippen LogP contribution in [0.25, 0.3) is 0 Å². The Labute approximate surface area is 115 Å². The van der Waals surface area contributed by atoms with Crippen molar-refractivity contribution in [2.75, 3.05) is 11.4 Å². The number of anilines is 2. The van der Waals surface area contributed by atoms with Crippen molar-refractivity contribution in [2.24, 2.45) is 0 Å². The molecule has 1 aliphatic rings. The van der Waals surface area contributed by atoms with Gasteiger partial charge in [0.25, 0.3) is 0 Å². The van der Waals surface area contributed by atoms with Crippen LogP contribution in [0.2, 0.25) is 0 Å². The molecule has 3 rings (SSSR count). The number of benzene rings is 1. The Morgan fingerprint density at radius 2 is 2.15 bits per heavy atom. The van der Waals surface area contributed by atoms with E-state index in [0.29, 0.717) is 18.1 Å². The molecule has 0 amide bonds. The first-order valence-corrected chi connectivity index (χ1v) is 6.32. The van der Waals surface area contributed by atoms with Gasteiger partial charge < -0.3 is 10.0 Å². The summed E-state index contributed by atoms with van der Waals surface area (Å²) in [5.74, 6) is -0.746. The van der Waals surface area contributed by atoms with E-state index in [1.807, 2.05) is 4.90 Å². The van der Waals surface area contributed by atoms with E-state index in [1.54, 1.807) is 13.0 Å². The van der Waals surface area contributed by atoms with Crippen molar-refractivity contribution in [1.29, 1.82) is 0 Å². The predicted molar refractivity (Wildman–Crippen MR) is 73.0 cm³/mol. The maximum Gasteiger partial charge on any atom is 0.335 e. The van der Waals surface area contributed by atoms with Gasteiger partial charge in [-0.3, -0.25) is 0 Å². The number of fused-ring (bicyclic) bond motifs is 1. The minimum atomic E-state index is -0.990. The summed E-state index contributed by atoms with van der Waals surface area (Å²) in [6.07, 6.45) is 0.799. The molecule has 0 spiro atoms. The minimum Gasteiger partial charge on any atom is -0.478 e. The van der Waals surface area contributed by atoms with Crippen molar-refractivity contribution >= 4 is 17.5 Å². The molecule has 0 atom stereocenters. The van der Waals surface area contributed by atoms with Gasteiger partial charge in [-0.15, -0.1) is 0 Å². The molecular formula is C15H13FN2O2. The lowest BCUT2D eigenvalue weighted by atomic mass is 10.1. The number of nitrogens with zero attached hydrogens (tertiary/aromatic N) is 2. The summed E-state index contributed by atoms with van der Waals surface area (Å²) < 4.78 is 13.4. The second kappa shape index (κ2) is 4.59. The number of halogens is 1. The molecule has 2 aromatic rings. The van der Waals surface area contributed by atoms with Crippen molar-refractivity contribution in [1.82, 2.24) is 4.98 Å². The highest BCUT2D eigenvalue weighted by atomic mass is 19.1. The average Bonchev–Trinajstić information content (AvgIpc) is 2.80. The zero-order valence-corrected chi connectivity index (χ0v) is 10.9. The van der Waals surface area contributed by atoms with Crippen LogP contribution in [0.5, 0.6) is 0 Å². The monoisotopic (exact) mass is 272 g/mol. The number of aryl methyl sites for hydroxylation is 1. The summed E-state index contributed by atoms with van der Waals surface area (Å²) in [6.45, 7) is 2.42. The van der Waals surface area contributed by atoms with Crippen LogP contribution in [0.1, 0.15) is 21.6 Å². The molecule has 20 heavy (non-hydrogen) atoms. The molecule has 0 fully saturated rings. The Morgan fingerprint density at radius 1 is 1.35 bits per heavy atom. The van der Waals surface area contributed by atoms with Gasteiger partial charge in [-0.2, -0.15) is 0 Å². The Hall–Kier alpha value is -2.43. The van der Waals surface area contributed by atoms with Crippen LogP contribution in [-0.4, -0.2) is 22.6 Å². The van der Waals surface area contributed by atoms with Gasteiger partial charge >= 0.3 is 5.97 Å². The molecule has 0 unspecified atom stereocenters. The molecular weight excluding hydrogens is 259 g/mol. The van der Waals surface area contributed by atoms with E-state index in [0.717, 1.165) is 17.7 Å². The molecule has 2 heterocycles. The Morgan fingerprint density at radius 3 is 2.90 bits per heavy atom. The highest BCUT2D eigenvalue weighted by molar-refractivity contribution is 5.89. The molecule has 0 saturated heterocycles. The van der Waals surface area contributed by atoms with E-state index >= 15 is 0 Å². The first-order valence-electron chi connectivity index (χ1n) is 6.32. The molecule has 0 saturated carbocycles. The maximum atomic E-state index is 13.4. The van der Waals surface area contributed by atoms with Crippen LogP contribution < -0.4 is 4.90 Å². The topological polar surface area (TPSA) is 53.4 Å². The quantitative estimate of drug-likeness (QED) is 0.913. The first-order chi connectivity index (χ1) is 9.54. The summed E-state index contributed by atoms with van der Waals surface area (Å²) in [7, 11) is 0. The van der Waals surface area contributed by atoms with Crippen molar-refractivity contribution < 1.29 is 14.3 Å². The Kier molecular flexibility index (Phi) is 2.89. The van der Waals surface area contributed by atoms with E-state index < -0.39 is 5.97 Å². The maximum absolute atomic E-state index is 13.4. The summed E-state index contributed by atoms with van der Waals surface area (Å²) in [5, 5.41) is 9.11. The third-order valence-electron chi connectivity index (χ3n) is 3.41. The number of hydrogen-bond acceptors (Lipinski definition) is 3. The fraction of sp³-hybridized carbons (Fsp3) is 0.200. The third-order valence-corrected chi connectivity index (χ3v) is 3.41. The molecule has 4 nitrogen and oxygen atoms in total. The predicted octanol–water partition coefficient (Wildman–Crippen LogP) is 2.92. The standard InChI is InChI=1S/C15H13FN2O2/c1-9-6-11(15(19)20)7-14(17-9)18-5-4-10-2-3-12(16)8-13(10)18/h2-3,6-8H,4-5H2,1H3,(H,19,20). The van der Waals surface area contributed by atoms with Gasteiger partial charge in [-0.05, 0) is 43.2 Å². The van der Waals surface area contributed by atoms with Crippen molar-refractivity contribution in [3.63, 3.8) is 0 Å². The lowest BCUT2D eigenvalue weighted by Crippen LogP contribution is -2.16. The zero-order chi connectivity index (χ0) is 14.3. The Bertz CT molecular complexity index is 700. The number of aromatic nitrogens is 1. The van der Waals surface area contributed by atoms with Crippen molar-refractivity contribution in [2.45, 2.75) is 13.3 Å². The number of pyridine rings is 1. The van der Waals surface area contributed by atoms with Gasteiger partial charge in [0.15, 0.2) is 0 Å². The normalized spacial score (nSPS) is 13.4. The molecule has 1 aliphatic heterocycles. The highest BCUT2D eigenvalue weighted by Crippen LogP contribution is 2.34. The van der Waals surface area contributed by atoms with Gasteiger partial charge in [0.05, 0.1) is 5.56 Å². The van der Waals surface area contributed by atoms with Gasteiger partial charge in [0.2, 0.25) is 0 Å². The number of carbonyl (C=O) groups is 1. The largest absolute Gasteiger partial charge is 0.478 e. The lowest BCUT2D eigenvalue weighted by molar-refractivity contribution is 0.0696. The van der Waals surface area contributed by atoms with Crippen LogP contribution in [0.3, 0.4) is 0 Å². The highest BCUT2D eigenvalue weighted by Gasteiger charge is 2.23. The fourth-order valence-electron chi connectivity index (χ4n) is 2.50. The third kappa shape index (κ3) is 2.11. The second-order valence-corrected chi connectivity index (χ2v) is 4.84. The summed E-state index contributed by atoms with van der Waals surface area (Å²) >= 11 is 0. The summed E-state index contributed by atoms with van der Waals surface area (Å²) in [4.78, 5) is 17.3. The number of carboxylic acid groups (broad SMARTS) is 1. The van der Waals surface area contributed by atoms with Gasteiger partial charge in [-0.1, -0.05) is 6.07 Å². The van der Waals surface area contributed by atoms with E-state index in [-0.39, 0.29) is 11.4 Å². The molecule has 5 heteroatoms. The van der Waals surface area contributed by atoms with Gasteiger partial charge in [-0.25, -0.2) is 14.2 Å². The molecule has 1 aromatic carbocycles. The van der Waals surface area contributed by atoms with Crippen LogP contribution in [-0.2, 0) is 6.42 Å². The molecule has 0 bridgehead atoms. The van der Waals surface area contributed by atoms with Gasteiger partial charge in [0.1, 0.15) is 11.6 Å². The van der Waals surface area contributed by atoms with Crippen LogP contribution in [0.15, 0.2) is 30.3 Å². The number of hydrogen-bond donors (Lipinski definition) is 1. The number of rotatable bonds is 2. The lowest BCUT2D eigenvalue weighted by Gasteiger charge is -2.19. The molecule has 1 aromatic heterocycles. The Balaban J connectivity index is 2.08. The minimum absolute atomic E-state index is 0.192. The first kappa shape index (κ1) is 12.6. The van der Waals surface area contributed by atoms with Crippen molar-refractivity contribution in [3.05, 3.63) is 53.0 Å². The van der Waals surface area contributed by atoms with Crippen LogP contribution >= 0.6 is 0 Å². The number of aromatic carboxylic acids is 1. The summed E-state index contributed by atoms with van der Waals surface area (Å²) in [6, 6.07) is 7.71. The van der Waals surface area contributed by atoms with Crippen LogP contribution in [0, 0.1) is 12.7 Å². The van der Waals surface area contributed by atoms with Crippen LogP contribution in [0.4, 0.5) is 15.9 Å². The van der Waals surface area contributed by atoms with Crippen molar-refractivity contribution in [3.8, 4) is 0 Å². The fourth-order valence-corrected chi connectivity index (χ4v) is 2.50. The molecule has 0 radical (unpaired) electrons. The van der Waals surface area contributed by atoms with E-state index in [4.69, 9.17) is 5.11 Å². The SMILES string of the molecule is Cc1cc(C(=O)O)cc(N2CCc3ccc(F)cc32)n1. The number of carboxylic acids is 1. The van der Waals surface area contributed by atoms with E-state index in [9.17, 15) is 9.18 Å². The van der Waals surface area contributed by atoms with E-state index in [2.05, 4.69) is 4.98 Å². The average molecular weight is 272 g/mol. The molecule has 102 valence electrons. The van der Waals surface area contributed by atoms with E-state index in [1.165, 1.54) is 24.3 Å². The smallest absolute Gasteiger partial charge is 0.335 e. The second-order valence-electron chi connectivity index (χ2n) is 4.84. The zero-order valence-electron chi connectivity index (χ0n) is 10.9. The summed E-state index contributed by atoms with van der Waals surface area (Å²) in [5.41, 5.74) is 2.63. The molecule has 1 N–H and O–H groups in total. The molecule has 0 aliphatic carbocycles. The van der Waals surface area contributed by atoms with Gasteiger partial charge in [0, 0.05) is 17.9 Å².